The normalized spacial score (nSPS) is 10.1. The number of hydrogen-bond donors (Lipinski definition) is 1. The van der Waals surface area contributed by atoms with E-state index in [4.69, 9.17) is 5.73 Å². The number of nitrogens with two attached hydrogens (primary N) is 1. The van der Waals surface area contributed by atoms with Crippen molar-refractivity contribution in [2.24, 2.45) is 0 Å². The number of aryl methyl sites for hydroxylation is 1. The largest absolute Gasteiger partial charge is 0.431 e. The van der Waals surface area contributed by atoms with Gasteiger partial charge in [0.05, 0.1) is 0 Å². The van der Waals surface area contributed by atoms with Crippen molar-refractivity contribution in [1.29, 1.82) is 0 Å². The monoisotopic (exact) mass is 255 g/mol. The number of halogens is 4. The quantitative estimate of drug-likeness (QED) is 0.837. The van der Waals surface area contributed by atoms with E-state index in [0.717, 1.165) is 6.07 Å². The van der Waals surface area contributed by atoms with Crippen LogP contribution in [0.1, 0.15) is 18.9 Å². The summed E-state index contributed by atoms with van der Waals surface area (Å²) in [7, 11) is 0. The predicted octanol–water partition coefficient (Wildman–Crippen LogP) is 3.38. The molecule has 0 radical (unpaired) electrons. The lowest BCUT2D eigenvalue weighted by Gasteiger charge is -2.11. The van der Waals surface area contributed by atoms with E-state index in [-0.39, 0.29) is 18.1 Å². The summed E-state index contributed by atoms with van der Waals surface area (Å²) >= 11 is 0. The Hall–Kier alpha value is -1.10. The summed E-state index contributed by atoms with van der Waals surface area (Å²) in [6.07, 6.45) is 1.15. The van der Waals surface area contributed by atoms with Gasteiger partial charge in [0.1, 0.15) is 0 Å². The van der Waals surface area contributed by atoms with Crippen LogP contribution < -0.4 is 10.5 Å². The molecule has 0 unspecified atom stereocenters. The molecular formula is C10H13ClF3NO. The first-order valence-electron chi connectivity index (χ1n) is 4.57. The van der Waals surface area contributed by atoms with E-state index in [9.17, 15) is 13.2 Å². The summed E-state index contributed by atoms with van der Waals surface area (Å²) in [5.74, 6) is -1.25. The second-order valence-corrected chi connectivity index (χ2v) is 3.12. The van der Waals surface area contributed by atoms with Gasteiger partial charge in [-0.1, -0.05) is 13.3 Å². The van der Waals surface area contributed by atoms with Gasteiger partial charge >= 0.3 is 6.61 Å². The molecule has 0 aromatic heterocycles. The van der Waals surface area contributed by atoms with Crippen LogP contribution in [0.4, 0.5) is 18.9 Å². The summed E-state index contributed by atoms with van der Waals surface area (Å²) in [4.78, 5) is 0. The van der Waals surface area contributed by atoms with Gasteiger partial charge in [0.25, 0.3) is 0 Å². The topological polar surface area (TPSA) is 35.2 Å². The van der Waals surface area contributed by atoms with E-state index >= 15 is 0 Å². The van der Waals surface area contributed by atoms with Crippen molar-refractivity contribution in [3.05, 3.63) is 23.5 Å². The molecule has 1 aromatic carbocycles. The van der Waals surface area contributed by atoms with Gasteiger partial charge in [-0.2, -0.15) is 8.78 Å². The summed E-state index contributed by atoms with van der Waals surface area (Å²) in [5, 5.41) is 0. The fourth-order valence-corrected chi connectivity index (χ4v) is 1.35. The molecule has 16 heavy (non-hydrogen) atoms. The lowest BCUT2D eigenvalue weighted by Crippen LogP contribution is -2.07. The number of ether oxygens (including phenoxy) is 1. The molecule has 0 saturated heterocycles. The molecule has 0 aliphatic carbocycles. The third-order valence-corrected chi connectivity index (χ3v) is 1.87. The van der Waals surface area contributed by atoms with Crippen LogP contribution in [0.3, 0.4) is 0 Å². The van der Waals surface area contributed by atoms with Gasteiger partial charge in [-0.3, -0.25) is 0 Å². The summed E-state index contributed by atoms with van der Waals surface area (Å²) in [5.41, 5.74) is 5.98. The number of alkyl halides is 2. The summed E-state index contributed by atoms with van der Waals surface area (Å²) in [6, 6.07) is 2.42. The fourth-order valence-electron chi connectivity index (χ4n) is 1.35. The van der Waals surface area contributed by atoms with Crippen LogP contribution in [0.15, 0.2) is 12.1 Å². The lowest BCUT2D eigenvalue weighted by atomic mass is 10.1. The molecule has 0 fully saturated rings. The van der Waals surface area contributed by atoms with E-state index in [2.05, 4.69) is 4.74 Å². The minimum atomic E-state index is -3.03. The van der Waals surface area contributed by atoms with Crippen molar-refractivity contribution in [1.82, 2.24) is 0 Å². The minimum absolute atomic E-state index is 0. The maximum atomic E-state index is 13.3. The fraction of sp³-hybridized carbons (Fsp3) is 0.400. The van der Waals surface area contributed by atoms with Gasteiger partial charge in [0.2, 0.25) is 0 Å². The third kappa shape index (κ3) is 3.81. The Morgan fingerprint density at radius 2 is 2.00 bits per heavy atom. The maximum Gasteiger partial charge on any atom is 0.387 e. The van der Waals surface area contributed by atoms with E-state index in [1.54, 1.807) is 0 Å². The molecule has 0 heterocycles. The zero-order valence-electron chi connectivity index (χ0n) is 8.67. The van der Waals surface area contributed by atoms with Gasteiger partial charge < -0.3 is 10.5 Å². The van der Waals surface area contributed by atoms with E-state index in [1.807, 2.05) is 6.92 Å². The van der Waals surface area contributed by atoms with Gasteiger partial charge in [0.15, 0.2) is 11.6 Å². The average molecular weight is 256 g/mol. The molecule has 0 aliphatic heterocycles. The summed E-state index contributed by atoms with van der Waals surface area (Å²) in [6.45, 7) is -1.17. The molecule has 2 N–H and O–H groups in total. The zero-order chi connectivity index (χ0) is 11.4. The van der Waals surface area contributed by atoms with Crippen LogP contribution in [0.5, 0.6) is 5.75 Å². The second-order valence-electron chi connectivity index (χ2n) is 3.12. The average Bonchev–Trinajstić information content (AvgIpc) is 2.11. The Labute approximate surface area is 98.0 Å². The number of anilines is 1. The van der Waals surface area contributed by atoms with E-state index in [0.29, 0.717) is 18.4 Å². The standard InChI is InChI=1S/C10H12F3NO.ClH/c1-2-3-6-4-7(14)5-8(11)9(6)15-10(12)13;/h4-5,10H,2-3,14H2,1H3;1H. The molecule has 0 aliphatic rings. The molecule has 1 aromatic rings. The summed E-state index contributed by atoms with van der Waals surface area (Å²) < 4.78 is 41.4. The van der Waals surface area contributed by atoms with Crippen LogP contribution in [-0.2, 0) is 6.42 Å². The van der Waals surface area contributed by atoms with Crippen LogP contribution in [0.25, 0.3) is 0 Å². The van der Waals surface area contributed by atoms with Crippen molar-refractivity contribution < 1.29 is 17.9 Å². The first kappa shape index (κ1) is 14.9. The highest BCUT2D eigenvalue weighted by atomic mass is 35.5. The molecule has 92 valence electrons. The first-order chi connectivity index (χ1) is 7.04. The second kappa shape index (κ2) is 6.48. The SMILES string of the molecule is CCCc1cc(N)cc(F)c1OC(F)F.Cl. The molecule has 0 bridgehead atoms. The number of benzene rings is 1. The van der Waals surface area contributed by atoms with Crippen LogP contribution in [0.2, 0.25) is 0 Å². The number of nitrogen functional groups attached to an aromatic ring is 1. The van der Waals surface area contributed by atoms with E-state index in [1.165, 1.54) is 6.07 Å². The Morgan fingerprint density at radius 3 is 2.50 bits per heavy atom. The molecule has 0 atom stereocenters. The minimum Gasteiger partial charge on any atom is -0.431 e. The van der Waals surface area contributed by atoms with Crippen molar-refractivity contribution >= 4 is 18.1 Å². The highest BCUT2D eigenvalue weighted by Gasteiger charge is 2.15. The van der Waals surface area contributed by atoms with Gasteiger partial charge in [0, 0.05) is 11.8 Å². The van der Waals surface area contributed by atoms with Crippen molar-refractivity contribution in [2.45, 2.75) is 26.4 Å². The molecule has 2 nitrogen and oxygen atoms in total. The van der Waals surface area contributed by atoms with E-state index < -0.39 is 18.2 Å². The van der Waals surface area contributed by atoms with Gasteiger partial charge in [-0.25, -0.2) is 4.39 Å². The molecule has 6 heteroatoms. The molecule has 1 rings (SSSR count). The van der Waals surface area contributed by atoms with Crippen molar-refractivity contribution in [3.63, 3.8) is 0 Å². The molecule has 0 amide bonds. The predicted molar refractivity (Wildman–Crippen MR) is 58.7 cm³/mol. The van der Waals surface area contributed by atoms with Crippen LogP contribution in [0, 0.1) is 5.82 Å². The Balaban J connectivity index is 0.00000225. The van der Waals surface area contributed by atoms with Gasteiger partial charge in [-0.15, -0.1) is 12.4 Å². The number of hydrogen-bond acceptors (Lipinski definition) is 2. The maximum absolute atomic E-state index is 13.3. The highest BCUT2D eigenvalue weighted by Crippen LogP contribution is 2.28. The Bertz CT molecular complexity index is 347. The lowest BCUT2D eigenvalue weighted by molar-refractivity contribution is -0.0528. The van der Waals surface area contributed by atoms with Crippen LogP contribution >= 0.6 is 12.4 Å². The van der Waals surface area contributed by atoms with Gasteiger partial charge in [-0.05, 0) is 18.1 Å². The zero-order valence-corrected chi connectivity index (χ0v) is 9.49. The molecule has 0 saturated carbocycles. The molecular weight excluding hydrogens is 243 g/mol. The third-order valence-electron chi connectivity index (χ3n) is 1.87. The highest BCUT2D eigenvalue weighted by molar-refractivity contribution is 5.85. The van der Waals surface area contributed by atoms with Crippen LogP contribution in [-0.4, -0.2) is 6.61 Å². The smallest absolute Gasteiger partial charge is 0.387 e. The first-order valence-corrected chi connectivity index (χ1v) is 4.57. The number of rotatable bonds is 4. The van der Waals surface area contributed by atoms with Crippen molar-refractivity contribution in [2.75, 3.05) is 5.73 Å². The Morgan fingerprint density at radius 1 is 1.38 bits per heavy atom. The Kier molecular flexibility index (Phi) is 6.03. The van der Waals surface area contributed by atoms with Crippen molar-refractivity contribution in [3.8, 4) is 5.75 Å². The molecule has 0 spiro atoms.